The Bertz CT molecular complexity index is 2260. The summed E-state index contributed by atoms with van der Waals surface area (Å²) in [7, 11) is 0. The summed E-state index contributed by atoms with van der Waals surface area (Å²) in [6.07, 6.45) is 5.86. The molecule has 1 spiro atoms. The van der Waals surface area contributed by atoms with Crippen molar-refractivity contribution in [3.05, 3.63) is 75.7 Å². The standard InChI is InChI=1S/C42H43ClFN9O6/c43-31-17-28(4-1-24(31)20-45)59-27-5-2-25(3-6-27)46-38(55)33-7-9-36(49-48-33)52-22-42(23-52)13-16-51(21-42)26-11-14-50(15-12-26)35-19-30-29(18-32(35)44)40(57)53(41(30)58)34-8-10-37(54)47-39(34)56/h1,4,7,9,17-19,25-27,34H,2-3,5-6,8,10-16,21-23H2,(H,46,55)(H,47,54,56)/t25-,27-,34?. The highest BCUT2D eigenvalue weighted by Gasteiger charge is 2.50. The van der Waals surface area contributed by atoms with Crippen molar-refractivity contribution in [2.24, 2.45) is 5.41 Å². The van der Waals surface area contributed by atoms with Gasteiger partial charge in [0.25, 0.3) is 17.7 Å². The number of hydrogen-bond donors (Lipinski definition) is 2. The van der Waals surface area contributed by atoms with Gasteiger partial charge in [-0.05, 0) is 94.3 Å². The molecule has 1 aliphatic carbocycles. The summed E-state index contributed by atoms with van der Waals surface area (Å²) in [5.41, 5.74) is 1.12. The molecule has 0 bridgehead atoms. The Labute approximate surface area is 344 Å². The van der Waals surface area contributed by atoms with Crippen LogP contribution in [0.5, 0.6) is 5.75 Å². The number of ether oxygens (including phenoxy) is 1. The van der Waals surface area contributed by atoms with Crippen LogP contribution in [0, 0.1) is 22.6 Å². The number of halogens is 2. The molecule has 0 radical (unpaired) electrons. The average molecular weight is 824 g/mol. The van der Waals surface area contributed by atoms with Crippen LogP contribution >= 0.6 is 11.6 Å². The molecule has 1 unspecified atom stereocenters. The van der Waals surface area contributed by atoms with Gasteiger partial charge in [-0.3, -0.25) is 39.1 Å². The van der Waals surface area contributed by atoms with Crippen LogP contribution in [0.15, 0.2) is 42.5 Å². The first-order valence-corrected chi connectivity index (χ1v) is 20.7. The first kappa shape index (κ1) is 38.8. The van der Waals surface area contributed by atoms with E-state index in [-0.39, 0.29) is 58.8 Å². The lowest BCUT2D eigenvalue weighted by molar-refractivity contribution is -0.136. The zero-order valence-electron chi connectivity index (χ0n) is 32.3. The molecule has 1 saturated carbocycles. The monoisotopic (exact) mass is 823 g/mol. The van der Waals surface area contributed by atoms with Crippen LogP contribution in [0.2, 0.25) is 5.02 Å². The maximum Gasteiger partial charge on any atom is 0.272 e. The first-order chi connectivity index (χ1) is 28.5. The van der Waals surface area contributed by atoms with Gasteiger partial charge in [0.05, 0.1) is 33.5 Å². The molecule has 17 heteroatoms. The smallest absolute Gasteiger partial charge is 0.272 e. The van der Waals surface area contributed by atoms with E-state index < -0.39 is 35.5 Å². The highest BCUT2D eigenvalue weighted by molar-refractivity contribution is 6.31. The number of imide groups is 2. The van der Waals surface area contributed by atoms with Crippen molar-refractivity contribution in [1.29, 1.82) is 5.26 Å². The van der Waals surface area contributed by atoms with E-state index in [1.165, 1.54) is 6.07 Å². The SMILES string of the molecule is N#Cc1ccc(O[C@H]2CC[C@H](NC(=O)c3ccc(N4CC5(CCN(C6CCN(c7cc8c(cc7F)C(=O)N(C7CCC(=O)NC7=O)C8=O)CC6)C5)C4)nn3)CC2)cc1Cl. The van der Waals surface area contributed by atoms with Gasteiger partial charge in [-0.1, -0.05) is 11.6 Å². The predicted molar refractivity (Wildman–Crippen MR) is 211 cm³/mol. The second-order valence-corrected chi connectivity index (χ2v) is 17.1. The molecule has 2 aromatic carbocycles. The van der Waals surface area contributed by atoms with E-state index >= 15 is 4.39 Å². The molecule has 3 aromatic rings. The van der Waals surface area contributed by atoms with Gasteiger partial charge < -0.3 is 19.9 Å². The summed E-state index contributed by atoms with van der Waals surface area (Å²) in [6, 6.07) is 12.5. The number of carbonyl (C=O) groups excluding carboxylic acids is 5. The Hall–Kier alpha value is -5.66. The number of carbonyl (C=O) groups is 5. The molecule has 4 saturated heterocycles. The fraction of sp³-hybridized carbons (Fsp3) is 0.476. The van der Waals surface area contributed by atoms with Crippen LogP contribution in [0.3, 0.4) is 0 Å². The van der Waals surface area contributed by atoms with Gasteiger partial charge in [0, 0.05) is 62.7 Å². The average Bonchev–Trinajstić information content (AvgIpc) is 3.77. The summed E-state index contributed by atoms with van der Waals surface area (Å²) in [6.45, 7) is 4.82. The Morgan fingerprint density at radius 2 is 1.64 bits per heavy atom. The fourth-order valence-electron chi connectivity index (χ4n) is 9.71. The van der Waals surface area contributed by atoms with E-state index in [1.807, 2.05) is 17.0 Å². The summed E-state index contributed by atoms with van der Waals surface area (Å²) in [5.74, 6) is -1.98. The van der Waals surface area contributed by atoms with Crippen molar-refractivity contribution >= 4 is 52.6 Å². The van der Waals surface area contributed by atoms with Crippen molar-refractivity contribution in [3.63, 3.8) is 0 Å². The van der Waals surface area contributed by atoms with Crippen molar-refractivity contribution in [2.45, 2.75) is 82.0 Å². The minimum absolute atomic E-state index is 0.00570. The molecule has 5 amide bonds. The van der Waals surface area contributed by atoms with Crippen molar-refractivity contribution in [1.82, 2.24) is 30.6 Å². The maximum absolute atomic E-state index is 15.5. The van der Waals surface area contributed by atoms with Crippen molar-refractivity contribution in [2.75, 3.05) is 49.1 Å². The summed E-state index contributed by atoms with van der Waals surface area (Å²) in [4.78, 5) is 71.1. The van der Waals surface area contributed by atoms with E-state index in [4.69, 9.17) is 21.6 Å². The van der Waals surface area contributed by atoms with E-state index in [0.717, 1.165) is 87.9 Å². The number of likely N-dealkylation sites (tertiary alicyclic amines) is 1. The number of aromatic nitrogens is 2. The normalized spacial score (nSPS) is 24.5. The lowest BCUT2D eigenvalue weighted by atomic mass is 9.79. The Morgan fingerprint density at radius 3 is 2.32 bits per heavy atom. The van der Waals surface area contributed by atoms with Crippen molar-refractivity contribution in [3.8, 4) is 11.8 Å². The summed E-state index contributed by atoms with van der Waals surface area (Å²) >= 11 is 6.14. The molecule has 1 aromatic heterocycles. The summed E-state index contributed by atoms with van der Waals surface area (Å²) < 4.78 is 21.6. The number of fused-ring (bicyclic) bond motifs is 1. The van der Waals surface area contributed by atoms with Crippen LogP contribution in [0.25, 0.3) is 0 Å². The largest absolute Gasteiger partial charge is 0.490 e. The Morgan fingerprint density at radius 1 is 0.898 bits per heavy atom. The highest BCUT2D eigenvalue weighted by atomic mass is 35.5. The van der Waals surface area contributed by atoms with E-state index in [9.17, 15) is 24.0 Å². The molecule has 2 N–H and O–H groups in total. The number of nitrogens with zero attached hydrogens (tertiary/aromatic N) is 7. The van der Waals surface area contributed by atoms with Crippen LogP contribution in [-0.2, 0) is 9.59 Å². The number of nitriles is 1. The highest BCUT2D eigenvalue weighted by Crippen LogP contribution is 2.43. The summed E-state index contributed by atoms with van der Waals surface area (Å²) in [5, 5.41) is 23.4. The molecule has 306 valence electrons. The topological polar surface area (TPSA) is 181 Å². The molecule has 59 heavy (non-hydrogen) atoms. The van der Waals surface area contributed by atoms with E-state index in [1.54, 1.807) is 24.3 Å². The number of piperidine rings is 2. The number of anilines is 2. The Kier molecular flexibility index (Phi) is 10.2. The third-order valence-corrected chi connectivity index (χ3v) is 13.2. The molecule has 6 heterocycles. The Balaban J connectivity index is 0.725. The van der Waals surface area contributed by atoms with Gasteiger partial charge in [-0.25, -0.2) is 4.39 Å². The van der Waals surface area contributed by atoms with E-state index in [0.29, 0.717) is 35.5 Å². The van der Waals surface area contributed by atoms with Gasteiger partial charge in [0.2, 0.25) is 11.8 Å². The van der Waals surface area contributed by atoms with Crippen LogP contribution < -0.4 is 25.2 Å². The van der Waals surface area contributed by atoms with Crippen molar-refractivity contribution < 1.29 is 33.1 Å². The molecule has 9 rings (SSSR count). The van der Waals surface area contributed by atoms with Gasteiger partial charge >= 0.3 is 0 Å². The number of hydrogen-bond acceptors (Lipinski definition) is 12. The molecular weight excluding hydrogens is 781 g/mol. The van der Waals surface area contributed by atoms with E-state index in [2.05, 4.69) is 30.6 Å². The van der Waals surface area contributed by atoms with Crippen LogP contribution in [0.1, 0.15) is 94.6 Å². The molecule has 15 nitrogen and oxygen atoms in total. The molecule has 1 atom stereocenters. The number of rotatable bonds is 8. The lowest BCUT2D eigenvalue weighted by Crippen LogP contribution is -2.58. The third-order valence-electron chi connectivity index (χ3n) is 12.9. The maximum atomic E-state index is 15.5. The lowest BCUT2D eigenvalue weighted by Gasteiger charge is -2.49. The van der Waals surface area contributed by atoms with Crippen LogP contribution in [-0.4, -0.2) is 113 Å². The molecular formula is C42H43ClFN9O6. The molecule has 6 aliphatic rings. The second kappa shape index (κ2) is 15.5. The number of benzene rings is 2. The van der Waals surface area contributed by atoms with Gasteiger partial charge in [-0.15, -0.1) is 10.2 Å². The molecule has 5 fully saturated rings. The minimum atomic E-state index is -1.10. The minimum Gasteiger partial charge on any atom is -0.490 e. The zero-order valence-corrected chi connectivity index (χ0v) is 33.0. The first-order valence-electron chi connectivity index (χ1n) is 20.3. The predicted octanol–water partition coefficient (Wildman–Crippen LogP) is 3.84. The van der Waals surface area contributed by atoms with Gasteiger partial charge in [0.1, 0.15) is 23.7 Å². The van der Waals surface area contributed by atoms with Gasteiger partial charge in [0.15, 0.2) is 11.5 Å². The number of nitrogens with one attached hydrogen (secondary N) is 2. The fourth-order valence-corrected chi connectivity index (χ4v) is 9.92. The second-order valence-electron chi connectivity index (χ2n) is 16.7. The van der Waals surface area contributed by atoms with Gasteiger partial charge in [-0.2, -0.15) is 5.26 Å². The third kappa shape index (κ3) is 7.46. The number of amides is 5. The van der Waals surface area contributed by atoms with Crippen LogP contribution in [0.4, 0.5) is 15.9 Å². The quantitative estimate of drug-likeness (QED) is 0.314. The molecule has 5 aliphatic heterocycles. The zero-order chi connectivity index (χ0) is 41.0.